The van der Waals surface area contributed by atoms with Crippen LogP contribution >= 0.6 is 0 Å². The maximum Gasteiger partial charge on any atom is 0.227 e. The normalized spacial score (nSPS) is 19.1. The summed E-state index contributed by atoms with van der Waals surface area (Å²) in [5, 5.41) is 14.7. The number of rotatable bonds is 6. The Kier molecular flexibility index (Phi) is 5.95. The molecule has 1 N–H and O–H groups in total. The van der Waals surface area contributed by atoms with Crippen LogP contribution in [-0.4, -0.2) is 46.1 Å². The molecule has 0 aliphatic carbocycles. The Morgan fingerprint density at radius 2 is 1.94 bits per heavy atom. The fourth-order valence-corrected chi connectivity index (χ4v) is 4.70. The number of nitrogens with zero attached hydrogens (tertiary/aromatic N) is 7. The molecule has 3 aromatic rings. The summed E-state index contributed by atoms with van der Waals surface area (Å²) in [5.41, 5.74) is 1.08. The molecular weight excluding hydrogens is 412 g/mol. The van der Waals surface area contributed by atoms with E-state index in [-0.39, 0.29) is 5.92 Å². The number of hydrogen-bond acceptors (Lipinski definition) is 8. The number of piperidine rings is 1. The Morgan fingerprint density at radius 1 is 1.09 bits per heavy atom. The summed E-state index contributed by atoms with van der Waals surface area (Å²) < 4.78 is 0. The van der Waals surface area contributed by atoms with Crippen molar-refractivity contribution in [1.29, 1.82) is 5.26 Å². The number of hydrogen-bond donors (Lipinski definition) is 1. The van der Waals surface area contributed by atoms with E-state index in [0.29, 0.717) is 12.3 Å². The van der Waals surface area contributed by atoms with Crippen molar-refractivity contribution in [2.75, 3.05) is 41.3 Å². The van der Waals surface area contributed by atoms with Crippen LogP contribution in [0.1, 0.15) is 51.0 Å². The second-order valence-electron chi connectivity index (χ2n) is 9.32. The molecule has 2 atom stereocenters. The zero-order valence-electron chi connectivity index (χ0n) is 19.3. The van der Waals surface area contributed by atoms with E-state index in [0.717, 1.165) is 65.9 Å². The largest absolute Gasteiger partial charge is 0.356 e. The summed E-state index contributed by atoms with van der Waals surface area (Å²) in [7, 11) is 0. The van der Waals surface area contributed by atoms with Crippen molar-refractivity contribution in [3.8, 4) is 6.07 Å². The van der Waals surface area contributed by atoms with Crippen LogP contribution in [0.2, 0.25) is 0 Å². The van der Waals surface area contributed by atoms with Gasteiger partial charge in [-0.25, -0.2) is 15.0 Å². The Labute approximate surface area is 194 Å². The Morgan fingerprint density at radius 3 is 2.70 bits per heavy atom. The van der Waals surface area contributed by atoms with Gasteiger partial charge in [0.25, 0.3) is 0 Å². The third-order valence-corrected chi connectivity index (χ3v) is 6.70. The van der Waals surface area contributed by atoms with E-state index in [2.05, 4.69) is 51.1 Å². The first kappa shape index (κ1) is 21.4. The molecule has 0 bridgehead atoms. The van der Waals surface area contributed by atoms with Crippen molar-refractivity contribution >= 4 is 34.2 Å². The first-order valence-corrected chi connectivity index (χ1v) is 11.9. The average molecular weight is 443 g/mol. The average Bonchev–Trinajstić information content (AvgIpc) is 2.78. The lowest BCUT2D eigenvalue weighted by atomic mass is 9.95. The maximum absolute atomic E-state index is 9.24. The molecule has 0 saturated carbocycles. The summed E-state index contributed by atoms with van der Waals surface area (Å²) in [4.78, 5) is 23.2. The van der Waals surface area contributed by atoms with Crippen molar-refractivity contribution < 1.29 is 0 Å². The predicted molar refractivity (Wildman–Crippen MR) is 131 cm³/mol. The highest BCUT2D eigenvalue weighted by molar-refractivity contribution is 5.96. The van der Waals surface area contributed by atoms with Gasteiger partial charge in [0.2, 0.25) is 5.95 Å². The number of aromatic nitrogens is 4. The molecular formula is C25H30N8. The van der Waals surface area contributed by atoms with Gasteiger partial charge in [0, 0.05) is 56.6 Å². The number of nitrogens with one attached hydrogen (secondary N) is 1. The van der Waals surface area contributed by atoms with E-state index in [1.165, 1.54) is 19.3 Å². The summed E-state index contributed by atoms with van der Waals surface area (Å²) in [6.45, 7) is 8.38. The fourth-order valence-electron chi connectivity index (χ4n) is 4.70. The van der Waals surface area contributed by atoms with Crippen LogP contribution in [0.4, 0.5) is 23.4 Å². The van der Waals surface area contributed by atoms with Gasteiger partial charge in [0.05, 0.1) is 6.07 Å². The first-order valence-electron chi connectivity index (χ1n) is 11.9. The summed E-state index contributed by atoms with van der Waals surface area (Å²) in [6, 6.07) is 6.23. The molecule has 2 fully saturated rings. The number of nitriles is 1. The zero-order valence-corrected chi connectivity index (χ0v) is 19.3. The van der Waals surface area contributed by atoms with Gasteiger partial charge in [-0.3, -0.25) is 0 Å². The van der Waals surface area contributed by atoms with Crippen molar-refractivity contribution in [1.82, 2.24) is 19.9 Å². The number of anilines is 4. The van der Waals surface area contributed by atoms with E-state index in [4.69, 9.17) is 9.97 Å². The Hall–Kier alpha value is -3.47. The molecule has 0 aromatic carbocycles. The predicted octanol–water partition coefficient (Wildman–Crippen LogP) is 4.63. The minimum absolute atomic E-state index is 0.0948. The maximum atomic E-state index is 9.24. The highest BCUT2D eigenvalue weighted by Crippen LogP contribution is 2.35. The Balaban J connectivity index is 1.47. The van der Waals surface area contributed by atoms with E-state index in [9.17, 15) is 5.26 Å². The van der Waals surface area contributed by atoms with Crippen molar-refractivity contribution in [3.63, 3.8) is 0 Å². The molecule has 0 radical (unpaired) electrons. The van der Waals surface area contributed by atoms with Crippen molar-refractivity contribution in [2.24, 2.45) is 5.92 Å². The molecule has 8 heteroatoms. The molecule has 2 saturated heterocycles. The van der Waals surface area contributed by atoms with Crippen molar-refractivity contribution in [3.05, 3.63) is 36.3 Å². The van der Waals surface area contributed by atoms with E-state index >= 15 is 0 Å². The topological polar surface area (TPSA) is 93.9 Å². The van der Waals surface area contributed by atoms with Gasteiger partial charge in [-0.05, 0) is 54.2 Å². The molecule has 5 heterocycles. The lowest BCUT2D eigenvalue weighted by molar-refractivity contribution is 0.442. The van der Waals surface area contributed by atoms with Gasteiger partial charge in [-0.1, -0.05) is 13.8 Å². The van der Waals surface area contributed by atoms with E-state index in [1.54, 1.807) is 6.20 Å². The molecule has 170 valence electrons. The van der Waals surface area contributed by atoms with Crippen LogP contribution < -0.4 is 15.1 Å². The molecule has 2 aliphatic heterocycles. The smallest absolute Gasteiger partial charge is 0.227 e. The molecule has 2 aliphatic rings. The molecule has 0 amide bonds. The first-order chi connectivity index (χ1) is 16.1. The van der Waals surface area contributed by atoms with E-state index < -0.39 is 0 Å². The molecule has 2 unspecified atom stereocenters. The molecule has 0 spiro atoms. The molecule has 33 heavy (non-hydrogen) atoms. The molecule has 8 nitrogen and oxygen atoms in total. The van der Waals surface area contributed by atoms with Crippen LogP contribution in [0.15, 0.2) is 30.7 Å². The van der Waals surface area contributed by atoms with Gasteiger partial charge in [0.15, 0.2) is 0 Å². The molecule has 3 aromatic heterocycles. The minimum atomic E-state index is 0.0948. The van der Waals surface area contributed by atoms with Gasteiger partial charge in [-0.2, -0.15) is 10.2 Å². The fraction of sp³-hybridized carbons (Fsp3) is 0.480. The second kappa shape index (κ2) is 9.18. The van der Waals surface area contributed by atoms with Crippen LogP contribution in [0, 0.1) is 17.2 Å². The van der Waals surface area contributed by atoms with Crippen LogP contribution in [-0.2, 0) is 0 Å². The van der Waals surface area contributed by atoms with Gasteiger partial charge in [0.1, 0.15) is 17.5 Å². The molecule has 5 rings (SSSR count). The zero-order chi connectivity index (χ0) is 22.8. The SMILES string of the molecule is CC1CCCN(c2nccc(Nc3cc4c(C(C)CC#N)cnc(N5CCC5)c4cn3)n2)C1. The van der Waals surface area contributed by atoms with Gasteiger partial charge < -0.3 is 15.1 Å². The second-order valence-corrected chi connectivity index (χ2v) is 9.32. The monoisotopic (exact) mass is 442 g/mol. The van der Waals surface area contributed by atoms with Crippen molar-refractivity contribution in [2.45, 2.75) is 45.4 Å². The van der Waals surface area contributed by atoms with Crippen LogP contribution in [0.25, 0.3) is 10.8 Å². The summed E-state index contributed by atoms with van der Waals surface area (Å²) in [5.74, 6) is 3.95. The lowest BCUT2D eigenvalue weighted by Crippen LogP contribution is -2.37. The number of fused-ring (bicyclic) bond motifs is 1. The number of pyridine rings is 2. The summed E-state index contributed by atoms with van der Waals surface area (Å²) >= 11 is 0. The highest BCUT2D eigenvalue weighted by Gasteiger charge is 2.22. The standard InChI is InChI=1S/C25H30N8/c1-17-5-3-10-33(16-17)25-27-9-7-22(31-25)30-23-13-19-20(18(2)6-8-26)14-29-24(21(19)15-28-23)32-11-4-12-32/h7,9,13-15,17-18H,3-6,10-12,16H2,1-2H3,(H,27,28,30,31). The van der Waals surface area contributed by atoms with Gasteiger partial charge >= 0.3 is 0 Å². The third-order valence-electron chi connectivity index (χ3n) is 6.70. The Bertz CT molecular complexity index is 1180. The van der Waals surface area contributed by atoms with E-state index in [1.807, 2.05) is 18.5 Å². The van der Waals surface area contributed by atoms with Gasteiger partial charge in [-0.15, -0.1) is 0 Å². The lowest BCUT2D eigenvalue weighted by Gasteiger charge is -2.33. The van der Waals surface area contributed by atoms with Crippen LogP contribution in [0.5, 0.6) is 0 Å². The minimum Gasteiger partial charge on any atom is -0.356 e. The highest BCUT2D eigenvalue weighted by atomic mass is 15.3. The van der Waals surface area contributed by atoms with Crippen LogP contribution in [0.3, 0.4) is 0 Å². The third kappa shape index (κ3) is 4.40. The summed E-state index contributed by atoms with van der Waals surface area (Å²) in [6.07, 6.45) is 9.71. The quantitative estimate of drug-likeness (QED) is 0.591.